The highest BCUT2D eigenvalue weighted by atomic mass is 16.2. The summed E-state index contributed by atoms with van der Waals surface area (Å²) >= 11 is 0. The monoisotopic (exact) mass is 412 g/mol. The van der Waals surface area contributed by atoms with E-state index in [1.807, 2.05) is 12.1 Å². The summed E-state index contributed by atoms with van der Waals surface area (Å²) in [6, 6.07) is 8.58. The average Bonchev–Trinajstić information content (AvgIpc) is 3.17. The van der Waals surface area contributed by atoms with Gasteiger partial charge in [-0.15, -0.1) is 0 Å². The number of carbonyl (C=O) groups excluding carboxylic acids is 2. The van der Waals surface area contributed by atoms with Crippen LogP contribution in [0.3, 0.4) is 0 Å². The molecule has 3 N–H and O–H groups in total. The highest BCUT2D eigenvalue weighted by Gasteiger charge is 2.26. The van der Waals surface area contributed by atoms with E-state index in [0.717, 1.165) is 57.4 Å². The summed E-state index contributed by atoms with van der Waals surface area (Å²) in [4.78, 5) is 26.9. The molecule has 1 aromatic carbocycles. The minimum Gasteiger partial charge on any atom is -0.371 e. The van der Waals surface area contributed by atoms with Gasteiger partial charge in [0.15, 0.2) is 0 Å². The third-order valence-electron chi connectivity index (χ3n) is 6.91. The van der Waals surface area contributed by atoms with Crippen molar-refractivity contribution < 1.29 is 9.59 Å². The van der Waals surface area contributed by atoms with Gasteiger partial charge in [0.2, 0.25) is 11.8 Å². The van der Waals surface area contributed by atoms with Gasteiger partial charge in [-0.3, -0.25) is 9.59 Å². The number of hydrogen-bond donors (Lipinski definition) is 3. The molecule has 0 bridgehead atoms. The SMILES string of the molecule is O=C(CC1CCCC1)Nc1cccc(N2CCC(N[C@H]3CCCCNC3=O)CC2)c1. The van der Waals surface area contributed by atoms with Crippen molar-refractivity contribution >= 4 is 23.2 Å². The molecular formula is C24H36N4O2. The molecule has 1 aromatic rings. The van der Waals surface area contributed by atoms with Crippen molar-refractivity contribution in [2.75, 3.05) is 29.9 Å². The van der Waals surface area contributed by atoms with Crippen LogP contribution in [0.5, 0.6) is 0 Å². The molecule has 2 saturated heterocycles. The maximum absolute atomic E-state index is 12.4. The van der Waals surface area contributed by atoms with Gasteiger partial charge in [-0.25, -0.2) is 0 Å². The molecule has 2 aliphatic heterocycles. The first kappa shape index (κ1) is 21.2. The molecule has 6 heteroatoms. The Bertz CT molecular complexity index is 724. The van der Waals surface area contributed by atoms with Crippen LogP contribution in [0, 0.1) is 5.92 Å². The van der Waals surface area contributed by atoms with Gasteiger partial charge in [-0.2, -0.15) is 0 Å². The number of nitrogens with zero attached hydrogens (tertiary/aromatic N) is 1. The fraction of sp³-hybridized carbons (Fsp3) is 0.667. The van der Waals surface area contributed by atoms with Crippen LogP contribution >= 0.6 is 0 Å². The van der Waals surface area contributed by atoms with Crippen LogP contribution in [0.1, 0.15) is 64.2 Å². The Kier molecular flexibility index (Phi) is 7.26. The van der Waals surface area contributed by atoms with Gasteiger partial charge in [-0.1, -0.05) is 18.9 Å². The smallest absolute Gasteiger partial charge is 0.237 e. The molecule has 164 valence electrons. The van der Waals surface area contributed by atoms with Crippen molar-refractivity contribution in [2.45, 2.75) is 76.3 Å². The Balaban J connectivity index is 1.26. The predicted octanol–water partition coefficient (Wildman–Crippen LogP) is 3.43. The summed E-state index contributed by atoms with van der Waals surface area (Å²) in [5.41, 5.74) is 2.06. The molecule has 2 heterocycles. The standard InChI is InChI=1S/C24H36N4O2/c29-23(16-18-6-1-2-7-18)27-20-8-5-9-21(17-20)28-14-11-19(12-15-28)26-22-10-3-4-13-25-24(22)30/h5,8-9,17-19,22,26H,1-4,6-7,10-16H2,(H,25,30)(H,27,29)/t22-/m0/s1. The van der Waals surface area contributed by atoms with Crippen molar-refractivity contribution in [1.29, 1.82) is 0 Å². The first-order valence-electron chi connectivity index (χ1n) is 11.9. The van der Waals surface area contributed by atoms with E-state index >= 15 is 0 Å². The topological polar surface area (TPSA) is 73.5 Å². The first-order valence-corrected chi connectivity index (χ1v) is 11.9. The predicted molar refractivity (Wildman–Crippen MR) is 121 cm³/mol. The van der Waals surface area contributed by atoms with Gasteiger partial charge in [0.25, 0.3) is 0 Å². The summed E-state index contributed by atoms with van der Waals surface area (Å²) in [5.74, 6) is 0.870. The Morgan fingerprint density at radius 3 is 2.60 bits per heavy atom. The van der Waals surface area contributed by atoms with Gasteiger partial charge in [0, 0.05) is 43.5 Å². The number of piperidine rings is 1. The molecule has 0 unspecified atom stereocenters. The molecule has 0 aromatic heterocycles. The summed E-state index contributed by atoms with van der Waals surface area (Å²) in [6.45, 7) is 2.74. The minimum absolute atomic E-state index is 0.0394. The second-order valence-electron chi connectivity index (χ2n) is 9.22. The fourth-order valence-electron chi connectivity index (χ4n) is 5.16. The maximum Gasteiger partial charge on any atom is 0.237 e. The molecule has 4 rings (SSSR count). The molecular weight excluding hydrogens is 376 g/mol. The van der Waals surface area contributed by atoms with Gasteiger partial charge >= 0.3 is 0 Å². The number of anilines is 2. The average molecular weight is 413 g/mol. The highest BCUT2D eigenvalue weighted by Crippen LogP contribution is 2.28. The lowest BCUT2D eigenvalue weighted by molar-refractivity contribution is -0.123. The fourth-order valence-corrected chi connectivity index (χ4v) is 5.16. The lowest BCUT2D eigenvalue weighted by Gasteiger charge is -2.35. The van der Waals surface area contributed by atoms with Crippen molar-refractivity contribution in [3.8, 4) is 0 Å². The zero-order valence-corrected chi connectivity index (χ0v) is 18.0. The third kappa shape index (κ3) is 5.75. The van der Waals surface area contributed by atoms with Crippen LogP contribution in [0.25, 0.3) is 0 Å². The Hall–Kier alpha value is -2.08. The van der Waals surface area contributed by atoms with Gasteiger partial charge in [0.05, 0.1) is 6.04 Å². The zero-order valence-electron chi connectivity index (χ0n) is 18.0. The molecule has 0 spiro atoms. The zero-order chi connectivity index (χ0) is 20.8. The first-order chi connectivity index (χ1) is 14.7. The lowest BCUT2D eigenvalue weighted by Crippen LogP contribution is -2.51. The lowest BCUT2D eigenvalue weighted by atomic mass is 10.0. The molecule has 2 amide bonds. The summed E-state index contributed by atoms with van der Waals surface area (Å²) < 4.78 is 0. The van der Waals surface area contributed by atoms with E-state index in [1.165, 1.54) is 31.4 Å². The summed E-state index contributed by atoms with van der Waals surface area (Å²) in [6.07, 6.45) is 10.8. The largest absolute Gasteiger partial charge is 0.371 e. The van der Waals surface area contributed by atoms with Gasteiger partial charge in [-0.05, 0) is 69.1 Å². The van der Waals surface area contributed by atoms with Crippen molar-refractivity contribution in [3.63, 3.8) is 0 Å². The Labute approximate surface area is 180 Å². The molecule has 1 aliphatic carbocycles. The quantitative estimate of drug-likeness (QED) is 0.669. The Morgan fingerprint density at radius 2 is 1.80 bits per heavy atom. The number of hydrogen-bond acceptors (Lipinski definition) is 4. The maximum atomic E-state index is 12.4. The molecule has 3 fully saturated rings. The van der Waals surface area contributed by atoms with Crippen LogP contribution in [0.15, 0.2) is 24.3 Å². The number of carbonyl (C=O) groups is 2. The molecule has 6 nitrogen and oxygen atoms in total. The van der Waals surface area contributed by atoms with E-state index in [2.05, 4.69) is 33.0 Å². The van der Waals surface area contributed by atoms with Crippen molar-refractivity contribution in [1.82, 2.24) is 10.6 Å². The summed E-state index contributed by atoms with van der Waals surface area (Å²) in [5, 5.41) is 9.71. The molecule has 3 aliphatic rings. The van der Waals surface area contributed by atoms with Crippen molar-refractivity contribution in [3.05, 3.63) is 24.3 Å². The third-order valence-corrected chi connectivity index (χ3v) is 6.91. The second-order valence-corrected chi connectivity index (χ2v) is 9.22. The highest BCUT2D eigenvalue weighted by molar-refractivity contribution is 5.91. The minimum atomic E-state index is -0.0394. The molecule has 1 saturated carbocycles. The molecule has 1 atom stereocenters. The van der Waals surface area contributed by atoms with E-state index in [-0.39, 0.29) is 17.9 Å². The van der Waals surface area contributed by atoms with E-state index in [0.29, 0.717) is 18.4 Å². The number of nitrogens with one attached hydrogen (secondary N) is 3. The van der Waals surface area contributed by atoms with Crippen LogP contribution in [-0.4, -0.2) is 43.5 Å². The van der Waals surface area contributed by atoms with Crippen LogP contribution < -0.4 is 20.9 Å². The number of amides is 2. The molecule has 0 radical (unpaired) electrons. The normalized spacial score (nSPS) is 23.8. The van der Waals surface area contributed by atoms with E-state index in [1.54, 1.807) is 0 Å². The van der Waals surface area contributed by atoms with E-state index < -0.39 is 0 Å². The van der Waals surface area contributed by atoms with Crippen molar-refractivity contribution in [2.24, 2.45) is 5.92 Å². The Morgan fingerprint density at radius 1 is 1.03 bits per heavy atom. The van der Waals surface area contributed by atoms with E-state index in [4.69, 9.17) is 0 Å². The van der Waals surface area contributed by atoms with Gasteiger partial charge < -0.3 is 20.9 Å². The molecule has 30 heavy (non-hydrogen) atoms. The van der Waals surface area contributed by atoms with Gasteiger partial charge in [0.1, 0.15) is 0 Å². The van der Waals surface area contributed by atoms with Crippen LogP contribution in [0.4, 0.5) is 11.4 Å². The second kappa shape index (κ2) is 10.3. The number of benzene rings is 1. The van der Waals surface area contributed by atoms with E-state index in [9.17, 15) is 9.59 Å². The number of rotatable bonds is 6. The van der Waals surface area contributed by atoms with Crippen LogP contribution in [0.2, 0.25) is 0 Å². The van der Waals surface area contributed by atoms with Crippen LogP contribution in [-0.2, 0) is 9.59 Å². The summed E-state index contributed by atoms with van der Waals surface area (Å²) in [7, 11) is 0.